The van der Waals surface area contributed by atoms with Crippen molar-refractivity contribution in [1.82, 2.24) is 0 Å². The van der Waals surface area contributed by atoms with Gasteiger partial charge >= 0.3 is 0 Å². The molecule has 1 saturated carbocycles. The monoisotopic (exact) mass is 163 g/mol. The first kappa shape index (κ1) is 7.77. The van der Waals surface area contributed by atoms with Gasteiger partial charge in [-0.25, -0.2) is 0 Å². The average molecular weight is 163 g/mol. The number of aliphatic hydroxyl groups is 1. The van der Waals surface area contributed by atoms with Crippen molar-refractivity contribution in [2.24, 2.45) is 5.73 Å². The molecule has 1 aromatic rings. The Morgan fingerprint density at radius 1 is 1.33 bits per heavy atom. The van der Waals surface area contributed by atoms with Crippen LogP contribution < -0.4 is 5.73 Å². The van der Waals surface area contributed by atoms with E-state index in [1.54, 1.807) is 0 Å². The molecular weight excluding hydrogens is 150 g/mol. The van der Waals surface area contributed by atoms with Crippen molar-refractivity contribution in [2.75, 3.05) is 0 Å². The molecule has 1 aliphatic carbocycles. The Balaban J connectivity index is 2.31. The van der Waals surface area contributed by atoms with Crippen molar-refractivity contribution in [1.29, 1.82) is 0 Å². The zero-order valence-corrected chi connectivity index (χ0v) is 6.90. The molecule has 0 heterocycles. The molecule has 0 spiro atoms. The Kier molecular flexibility index (Phi) is 1.67. The zero-order valence-electron chi connectivity index (χ0n) is 6.90. The summed E-state index contributed by atoms with van der Waals surface area (Å²) in [7, 11) is 0. The predicted octanol–water partition coefficient (Wildman–Crippen LogP) is 0.995. The van der Waals surface area contributed by atoms with E-state index in [-0.39, 0.29) is 6.04 Å². The SMILES string of the molecule is N[C@@H]1CC[C@@]1(O)c1ccccc1. The van der Waals surface area contributed by atoms with E-state index < -0.39 is 5.60 Å². The van der Waals surface area contributed by atoms with E-state index in [1.807, 2.05) is 30.3 Å². The molecule has 1 aliphatic rings. The summed E-state index contributed by atoms with van der Waals surface area (Å²) in [6, 6.07) is 9.58. The summed E-state index contributed by atoms with van der Waals surface area (Å²) < 4.78 is 0. The molecule has 2 nitrogen and oxygen atoms in total. The van der Waals surface area contributed by atoms with Gasteiger partial charge in [-0.1, -0.05) is 30.3 Å². The largest absolute Gasteiger partial charge is 0.384 e. The lowest BCUT2D eigenvalue weighted by atomic mass is 9.71. The van der Waals surface area contributed by atoms with E-state index in [0.29, 0.717) is 0 Å². The highest BCUT2D eigenvalue weighted by molar-refractivity contribution is 5.27. The maximum atomic E-state index is 10.0. The molecule has 0 bridgehead atoms. The number of rotatable bonds is 1. The summed E-state index contributed by atoms with van der Waals surface area (Å²) in [5, 5.41) is 10.0. The van der Waals surface area contributed by atoms with Gasteiger partial charge in [-0.15, -0.1) is 0 Å². The lowest BCUT2D eigenvalue weighted by Gasteiger charge is -2.43. The standard InChI is InChI=1S/C10H13NO/c11-9-6-7-10(9,12)8-4-2-1-3-5-8/h1-5,9,12H,6-7,11H2/t9-,10-/m1/s1. The number of hydrogen-bond donors (Lipinski definition) is 2. The van der Waals surface area contributed by atoms with E-state index in [9.17, 15) is 5.11 Å². The second kappa shape index (κ2) is 2.57. The van der Waals surface area contributed by atoms with Crippen LogP contribution >= 0.6 is 0 Å². The highest BCUT2D eigenvalue weighted by Crippen LogP contribution is 2.39. The Bertz CT molecular complexity index is 272. The minimum Gasteiger partial charge on any atom is -0.384 e. The fraction of sp³-hybridized carbons (Fsp3) is 0.400. The number of benzene rings is 1. The van der Waals surface area contributed by atoms with Crippen LogP contribution in [0.2, 0.25) is 0 Å². The van der Waals surface area contributed by atoms with Crippen LogP contribution in [-0.4, -0.2) is 11.1 Å². The third-order valence-electron chi connectivity index (χ3n) is 2.72. The number of hydrogen-bond acceptors (Lipinski definition) is 2. The summed E-state index contributed by atoms with van der Waals surface area (Å²) in [5.74, 6) is 0. The first-order chi connectivity index (χ1) is 5.73. The van der Waals surface area contributed by atoms with Gasteiger partial charge in [-0.3, -0.25) is 0 Å². The van der Waals surface area contributed by atoms with E-state index >= 15 is 0 Å². The van der Waals surface area contributed by atoms with Crippen LogP contribution in [0.1, 0.15) is 18.4 Å². The van der Waals surface area contributed by atoms with Crippen LogP contribution in [0.25, 0.3) is 0 Å². The first-order valence-corrected chi connectivity index (χ1v) is 4.27. The minimum atomic E-state index is -0.749. The molecule has 0 unspecified atom stereocenters. The summed E-state index contributed by atoms with van der Waals surface area (Å²) in [5.41, 5.74) is 5.94. The Morgan fingerprint density at radius 2 is 2.00 bits per heavy atom. The van der Waals surface area contributed by atoms with Gasteiger partial charge in [0.1, 0.15) is 5.60 Å². The highest BCUT2D eigenvalue weighted by Gasteiger charge is 2.43. The van der Waals surface area contributed by atoms with Gasteiger partial charge in [0.2, 0.25) is 0 Å². The van der Waals surface area contributed by atoms with Crippen LogP contribution in [0, 0.1) is 0 Å². The van der Waals surface area contributed by atoms with Crippen molar-refractivity contribution in [3.8, 4) is 0 Å². The molecule has 1 fully saturated rings. The van der Waals surface area contributed by atoms with Gasteiger partial charge < -0.3 is 10.8 Å². The third-order valence-corrected chi connectivity index (χ3v) is 2.72. The minimum absolute atomic E-state index is 0.0834. The van der Waals surface area contributed by atoms with Gasteiger partial charge in [0.05, 0.1) is 0 Å². The molecule has 2 rings (SSSR count). The second-order valence-corrected chi connectivity index (χ2v) is 3.44. The quantitative estimate of drug-likeness (QED) is 0.648. The molecule has 3 N–H and O–H groups in total. The molecule has 12 heavy (non-hydrogen) atoms. The molecular formula is C10H13NO. The Hall–Kier alpha value is -0.860. The lowest BCUT2D eigenvalue weighted by Crippen LogP contribution is -2.54. The molecule has 64 valence electrons. The zero-order chi connectivity index (χ0) is 8.60. The van der Waals surface area contributed by atoms with E-state index in [2.05, 4.69) is 0 Å². The Morgan fingerprint density at radius 3 is 2.42 bits per heavy atom. The van der Waals surface area contributed by atoms with Crippen LogP contribution in [0.15, 0.2) is 30.3 Å². The molecule has 0 aliphatic heterocycles. The van der Waals surface area contributed by atoms with Crippen molar-refractivity contribution < 1.29 is 5.11 Å². The van der Waals surface area contributed by atoms with Crippen LogP contribution in [0.3, 0.4) is 0 Å². The summed E-state index contributed by atoms with van der Waals surface area (Å²) in [4.78, 5) is 0. The van der Waals surface area contributed by atoms with Gasteiger partial charge in [-0.05, 0) is 18.4 Å². The molecule has 2 heteroatoms. The van der Waals surface area contributed by atoms with Crippen LogP contribution in [-0.2, 0) is 5.60 Å². The van der Waals surface area contributed by atoms with Crippen LogP contribution in [0.5, 0.6) is 0 Å². The summed E-state index contributed by atoms with van der Waals surface area (Å²) >= 11 is 0. The second-order valence-electron chi connectivity index (χ2n) is 3.44. The van der Waals surface area contributed by atoms with Crippen molar-refractivity contribution >= 4 is 0 Å². The average Bonchev–Trinajstić information content (AvgIpc) is 2.16. The smallest absolute Gasteiger partial charge is 0.105 e. The number of nitrogens with two attached hydrogens (primary N) is 1. The van der Waals surface area contributed by atoms with Crippen molar-refractivity contribution in [2.45, 2.75) is 24.5 Å². The molecule has 0 radical (unpaired) electrons. The topological polar surface area (TPSA) is 46.2 Å². The first-order valence-electron chi connectivity index (χ1n) is 4.27. The Labute approximate surface area is 72.0 Å². The van der Waals surface area contributed by atoms with E-state index in [4.69, 9.17) is 5.73 Å². The molecule has 0 aromatic heterocycles. The summed E-state index contributed by atoms with van der Waals surface area (Å²) in [6.45, 7) is 0. The fourth-order valence-corrected chi connectivity index (χ4v) is 1.67. The molecule has 2 atom stereocenters. The van der Waals surface area contributed by atoms with Gasteiger partial charge in [0.15, 0.2) is 0 Å². The summed E-state index contributed by atoms with van der Waals surface area (Å²) in [6.07, 6.45) is 1.71. The van der Waals surface area contributed by atoms with Gasteiger partial charge in [0.25, 0.3) is 0 Å². The maximum absolute atomic E-state index is 10.0. The lowest BCUT2D eigenvalue weighted by molar-refractivity contribution is -0.0604. The van der Waals surface area contributed by atoms with Crippen molar-refractivity contribution in [3.05, 3.63) is 35.9 Å². The van der Waals surface area contributed by atoms with E-state index in [0.717, 1.165) is 18.4 Å². The van der Waals surface area contributed by atoms with Crippen molar-refractivity contribution in [3.63, 3.8) is 0 Å². The predicted molar refractivity (Wildman–Crippen MR) is 47.5 cm³/mol. The van der Waals surface area contributed by atoms with Gasteiger partial charge in [0, 0.05) is 6.04 Å². The molecule has 0 saturated heterocycles. The third kappa shape index (κ3) is 0.958. The fourth-order valence-electron chi connectivity index (χ4n) is 1.67. The molecule has 1 aromatic carbocycles. The normalized spacial score (nSPS) is 34.3. The molecule has 0 amide bonds. The maximum Gasteiger partial charge on any atom is 0.105 e. The van der Waals surface area contributed by atoms with E-state index in [1.165, 1.54) is 0 Å². The highest BCUT2D eigenvalue weighted by atomic mass is 16.3. The van der Waals surface area contributed by atoms with Crippen LogP contribution in [0.4, 0.5) is 0 Å². The van der Waals surface area contributed by atoms with Gasteiger partial charge in [-0.2, -0.15) is 0 Å².